The van der Waals surface area contributed by atoms with E-state index in [1.807, 2.05) is 13.8 Å². The number of nitrogens with zero attached hydrogens (tertiary/aromatic N) is 6. The van der Waals surface area contributed by atoms with Crippen LogP contribution in [0.2, 0.25) is 0 Å². The summed E-state index contributed by atoms with van der Waals surface area (Å²) in [7, 11) is -3.83. The number of nitrogens with one attached hydrogen (secondary N) is 1. The van der Waals surface area contributed by atoms with Gasteiger partial charge in [-0.05, 0) is 66.9 Å². The predicted octanol–water partition coefficient (Wildman–Crippen LogP) is 1.59. The number of hydrogen-bond donors (Lipinski definition) is 5. The van der Waals surface area contributed by atoms with Crippen LogP contribution in [0, 0.1) is 5.41 Å². The zero-order valence-electron chi connectivity index (χ0n) is 26.8. The zero-order valence-corrected chi connectivity index (χ0v) is 27.7. The van der Waals surface area contributed by atoms with E-state index in [4.69, 9.17) is 14.9 Å². The molecule has 270 valence electrons. The quantitative estimate of drug-likeness (QED) is 0.133. The maximum Gasteiger partial charge on any atom is 0.436 e. The van der Waals surface area contributed by atoms with Crippen LogP contribution >= 0.6 is 0 Å². The molecule has 4 aromatic rings. The highest BCUT2D eigenvalue weighted by Crippen LogP contribution is 2.33. The van der Waals surface area contributed by atoms with Crippen LogP contribution in [0.5, 0.6) is 5.75 Å². The van der Waals surface area contributed by atoms with Crippen molar-refractivity contribution in [3.05, 3.63) is 71.6 Å². The molecule has 15 nitrogen and oxygen atoms in total. The van der Waals surface area contributed by atoms with Gasteiger partial charge >= 0.3 is 6.18 Å². The smallest absolute Gasteiger partial charge is 0.436 e. The highest BCUT2D eigenvalue weighted by molar-refractivity contribution is 7.89. The monoisotopic (exact) mass is 723 g/mol. The third-order valence-corrected chi connectivity index (χ3v) is 9.77. The summed E-state index contributed by atoms with van der Waals surface area (Å²) in [4.78, 5) is 4.09. The van der Waals surface area contributed by atoms with Gasteiger partial charge in [-0.1, -0.05) is 13.8 Å². The van der Waals surface area contributed by atoms with E-state index in [1.54, 1.807) is 0 Å². The molecule has 5 N–H and O–H groups in total. The molecule has 2 aromatic carbocycles. The van der Waals surface area contributed by atoms with Crippen molar-refractivity contribution >= 4 is 27.3 Å². The first-order valence-electron chi connectivity index (χ1n) is 15.6. The number of rotatable bonds is 12. The van der Waals surface area contributed by atoms with E-state index in [0.29, 0.717) is 31.5 Å². The van der Waals surface area contributed by atoms with Crippen molar-refractivity contribution in [2.45, 2.75) is 68.5 Å². The van der Waals surface area contributed by atoms with Gasteiger partial charge in [0.15, 0.2) is 16.8 Å². The Morgan fingerprint density at radius 2 is 1.66 bits per heavy atom. The van der Waals surface area contributed by atoms with Crippen molar-refractivity contribution in [1.29, 1.82) is 5.41 Å². The standard InChI is InChI=1S/C31H36F3N7O8S/c1-3-13-39(14-4-2)50(46,47)21-11-7-19(8-12-21)41-29-23(27(38-41)31(32,33)34)28(35)40(17-36-29)37-15-18-5-9-20(10-6-18)48-30-26(45)25(44)24(43)22(16-42)49-30/h5-12,15,17,22,24-26,30,35,42-45H,3-4,13-14,16H2,1-2H3. The summed E-state index contributed by atoms with van der Waals surface area (Å²) in [6, 6.07) is 11.1. The summed E-state index contributed by atoms with van der Waals surface area (Å²) in [6.07, 6.45) is -8.80. The Morgan fingerprint density at radius 1 is 1.02 bits per heavy atom. The highest BCUT2D eigenvalue weighted by Gasteiger charge is 2.44. The van der Waals surface area contributed by atoms with Crippen LogP contribution in [0.1, 0.15) is 37.9 Å². The lowest BCUT2D eigenvalue weighted by Gasteiger charge is -2.39. The Balaban J connectivity index is 1.40. The largest absolute Gasteiger partial charge is 0.462 e. The minimum atomic E-state index is -4.97. The molecule has 1 fully saturated rings. The maximum atomic E-state index is 14.2. The summed E-state index contributed by atoms with van der Waals surface area (Å²) in [5, 5.41) is 55.2. The molecule has 5 rings (SSSR count). The highest BCUT2D eigenvalue weighted by atomic mass is 32.2. The van der Waals surface area contributed by atoms with E-state index in [2.05, 4.69) is 15.2 Å². The summed E-state index contributed by atoms with van der Waals surface area (Å²) < 4.78 is 82.8. The Kier molecular flexibility index (Phi) is 11.1. The second-order valence-electron chi connectivity index (χ2n) is 11.4. The minimum Gasteiger partial charge on any atom is -0.462 e. The number of aliphatic hydroxyl groups is 4. The molecule has 0 saturated carbocycles. The molecule has 0 bridgehead atoms. The Labute approximate surface area is 284 Å². The van der Waals surface area contributed by atoms with Crippen molar-refractivity contribution in [2.75, 3.05) is 19.7 Å². The number of aliphatic hydroxyl groups excluding tert-OH is 4. The topological polar surface area (TPSA) is 209 Å². The Morgan fingerprint density at radius 3 is 2.24 bits per heavy atom. The summed E-state index contributed by atoms with van der Waals surface area (Å²) in [6.45, 7) is 3.73. The van der Waals surface area contributed by atoms with E-state index in [-0.39, 0.29) is 22.0 Å². The Bertz CT molecular complexity index is 1980. The predicted molar refractivity (Wildman–Crippen MR) is 171 cm³/mol. The Hall–Kier alpha value is -4.24. The summed E-state index contributed by atoms with van der Waals surface area (Å²) in [5.74, 6) is 0.176. The van der Waals surface area contributed by atoms with Crippen LogP contribution in [0.3, 0.4) is 0 Å². The van der Waals surface area contributed by atoms with Crippen LogP contribution in [0.25, 0.3) is 16.7 Å². The third-order valence-electron chi connectivity index (χ3n) is 7.86. The molecule has 50 heavy (non-hydrogen) atoms. The second-order valence-corrected chi connectivity index (χ2v) is 13.4. The fourth-order valence-corrected chi connectivity index (χ4v) is 6.94. The number of hydrogen-bond acceptors (Lipinski definition) is 12. The van der Waals surface area contributed by atoms with Gasteiger partial charge in [-0.25, -0.2) is 22.8 Å². The number of ether oxygens (including phenoxy) is 2. The molecule has 1 saturated heterocycles. The van der Waals surface area contributed by atoms with E-state index in [0.717, 1.165) is 15.7 Å². The SMILES string of the molecule is CCCN(CCC)S(=O)(=O)c1ccc(-n2nc(C(F)(F)F)c3c(=N)n(N=Cc4ccc(OC5OC(CO)C(O)C(O)C5O)cc4)cnc32)cc1. The number of fused-ring (bicyclic) bond motifs is 1. The fourth-order valence-electron chi connectivity index (χ4n) is 5.31. The molecule has 2 aromatic heterocycles. The van der Waals surface area contributed by atoms with Crippen molar-refractivity contribution in [3.63, 3.8) is 0 Å². The molecule has 3 heterocycles. The molecular weight excluding hydrogens is 687 g/mol. The lowest BCUT2D eigenvalue weighted by Crippen LogP contribution is -2.60. The van der Waals surface area contributed by atoms with Crippen molar-refractivity contribution in [1.82, 2.24) is 23.7 Å². The lowest BCUT2D eigenvalue weighted by atomic mass is 9.99. The van der Waals surface area contributed by atoms with Crippen LogP contribution in [0.15, 0.2) is 64.9 Å². The van der Waals surface area contributed by atoms with E-state index in [1.165, 1.54) is 59.1 Å². The molecular formula is C31H36F3N7O8S. The van der Waals surface area contributed by atoms with Gasteiger partial charge in [-0.3, -0.25) is 5.41 Å². The first kappa shape index (κ1) is 37.0. The molecule has 0 spiro atoms. The van der Waals surface area contributed by atoms with Crippen LogP contribution in [0.4, 0.5) is 13.2 Å². The number of benzene rings is 2. The molecule has 0 aliphatic carbocycles. The average Bonchev–Trinajstić information content (AvgIpc) is 3.50. The number of alkyl halides is 3. The molecule has 5 unspecified atom stereocenters. The van der Waals surface area contributed by atoms with Gasteiger partial charge in [0.2, 0.25) is 16.3 Å². The normalized spacial score (nSPS) is 21.8. The second kappa shape index (κ2) is 14.9. The first-order chi connectivity index (χ1) is 23.7. The minimum absolute atomic E-state index is 0.0227. The van der Waals surface area contributed by atoms with Crippen molar-refractivity contribution < 1.29 is 51.5 Å². The van der Waals surface area contributed by atoms with Gasteiger partial charge in [0.1, 0.15) is 36.5 Å². The van der Waals surface area contributed by atoms with Crippen molar-refractivity contribution in [2.24, 2.45) is 5.10 Å². The van der Waals surface area contributed by atoms with Crippen LogP contribution in [-0.2, 0) is 20.9 Å². The van der Waals surface area contributed by atoms with E-state index >= 15 is 0 Å². The summed E-state index contributed by atoms with van der Waals surface area (Å²) in [5.41, 5.74) is -1.81. The van der Waals surface area contributed by atoms with Gasteiger partial charge < -0.3 is 29.9 Å². The number of aromatic nitrogens is 4. The molecule has 5 atom stereocenters. The number of sulfonamides is 1. The van der Waals surface area contributed by atoms with E-state index < -0.39 is 70.1 Å². The van der Waals surface area contributed by atoms with Gasteiger partial charge in [0.05, 0.1) is 28.8 Å². The lowest BCUT2D eigenvalue weighted by molar-refractivity contribution is -0.277. The molecule has 19 heteroatoms. The molecule has 1 aliphatic heterocycles. The fraction of sp³-hybridized carbons (Fsp3) is 0.419. The zero-order chi connectivity index (χ0) is 36.4. The first-order valence-corrected chi connectivity index (χ1v) is 17.0. The van der Waals surface area contributed by atoms with Gasteiger partial charge in [0.25, 0.3) is 0 Å². The maximum absolute atomic E-state index is 14.2. The van der Waals surface area contributed by atoms with Gasteiger partial charge in [-0.2, -0.15) is 27.7 Å². The van der Waals surface area contributed by atoms with E-state index in [9.17, 15) is 42.0 Å². The third kappa shape index (κ3) is 7.43. The van der Waals surface area contributed by atoms with Gasteiger partial charge in [0, 0.05) is 13.1 Å². The molecule has 1 aliphatic rings. The number of halogens is 3. The summed E-state index contributed by atoms with van der Waals surface area (Å²) >= 11 is 0. The van der Waals surface area contributed by atoms with Crippen molar-refractivity contribution in [3.8, 4) is 11.4 Å². The average molecular weight is 724 g/mol. The molecule has 0 radical (unpaired) electrons. The van der Waals surface area contributed by atoms with Crippen LogP contribution in [-0.4, -0.2) is 109 Å². The van der Waals surface area contributed by atoms with Gasteiger partial charge in [-0.15, -0.1) is 0 Å². The molecule has 0 amide bonds. The van der Waals surface area contributed by atoms with Crippen LogP contribution < -0.4 is 10.2 Å².